The maximum Gasteiger partial charge on any atom is 0.0641 e. The summed E-state index contributed by atoms with van der Waals surface area (Å²) in [6.07, 6.45) is 4.94. The summed E-state index contributed by atoms with van der Waals surface area (Å²) in [5, 5.41) is 3.46. The van der Waals surface area contributed by atoms with Gasteiger partial charge in [0.1, 0.15) is 0 Å². The van der Waals surface area contributed by atoms with Crippen molar-refractivity contribution in [1.82, 2.24) is 10.3 Å². The number of anilines is 1. The summed E-state index contributed by atoms with van der Waals surface area (Å²) in [5.41, 5.74) is 2.57. The van der Waals surface area contributed by atoms with Gasteiger partial charge in [0.15, 0.2) is 0 Å². The second-order valence-corrected chi connectivity index (χ2v) is 4.99. The van der Waals surface area contributed by atoms with E-state index < -0.39 is 0 Å². The van der Waals surface area contributed by atoms with Gasteiger partial charge >= 0.3 is 0 Å². The van der Waals surface area contributed by atoms with Gasteiger partial charge in [0.2, 0.25) is 0 Å². The maximum absolute atomic E-state index is 5.51. The molecule has 1 saturated heterocycles. The fraction of sp³-hybridized carbons (Fsp3) is 0.643. The lowest BCUT2D eigenvalue weighted by Gasteiger charge is -2.25. The minimum atomic E-state index is 0.491. The Bertz CT molecular complexity index is 360. The second-order valence-electron chi connectivity index (χ2n) is 4.99. The summed E-state index contributed by atoms with van der Waals surface area (Å²) < 4.78 is 5.51. The summed E-state index contributed by atoms with van der Waals surface area (Å²) in [5.74, 6) is 0. The van der Waals surface area contributed by atoms with Crippen LogP contribution in [0.1, 0.15) is 25.8 Å². The Morgan fingerprint density at radius 3 is 3.11 bits per heavy atom. The van der Waals surface area contributed by atoms with Gasteiger partial charge in [0.05, 0.1) is 6.61 Å². The van der Waals surface area contributed by atoms with Gasteiger partial charge in [-0.2, -0.15) is 0 Å². The molecule has 0 spiro atoms. The molecule has 1 aliphatic rings. The number of rotatable bonds is 4. The maximum atomic E-state index is 5.51. The normalized spacial score (nSPS) is 16.9. The number of nitrogens with zero attached hydrogens (tertiary/aromatic N) is 2. The van der Waals surface area contributed by atoms with Crippen LogP contribution in [-0.2, 0) is 11.3 Å². The van der Waals surface area contributed by atoms with Crippen molar-refractivity contribution in [2.24, 2.45) is 0 Å². The van der Waals surface area contributed by atoms with Crippen LogP contribution in [0.25, 0.3) is 0 Å². The highest BCUT2D eigenvalue weighted by Gasteiger charge is 2.13. The number of hydrogen-bond donors (Lipinski definition) is 1. The number of nitrogens with one attached hydrogen (secondary N) is 1. The Morgan fingerprint density at radius 2 is 2.28 bits per heavy atom. The SMILES string of the molecule is CC(C)NCc1cnccc1N1CCCOCC1. The summed E-state index contributed by atoms with van der Waals surface area (Å²) in [6, 6.07) is 2.60. The van der Waals surface area contributed by atoms with Crippen molar-refractivity contribution in [3.8, 4) is 0 Å². The number of aromatic nitrogens is 1. The first-order valence-corrected chi connectivity index (χ1v) is 6.76. The summed E-state index contributed by atoms with van der Waals surface area (Å²) >= 11 is 0. The highest BCUT2D eigenvalue weighted by molar-refractivity contribution is 5.52. The molecule has 100 valence electrons. The molecule has 0 saturated carbocycles. The molecule has 0 amide bonds. The van der Waals surface area contributed by atoms with Gasteiger partial charge in [0.25, 0.3) is 0 Å². The lowest BCUT2D eigenvalue weighted by atomic mass is 10.2. The topological polar surface area (TPSA) is 37.4 Å². The van der Waals surface area contributed by atoms with Crippen LogP contribution in [0.3, 0.4) is 0 Å². The molecule has 0 unspecified atom stereocenters. The lowest BCUT2D eigenvalue weighted by molar-refractivity contribution is 0.152. The Kier molecular flexibility index (Phi) is 4.96. The van der Waals surface area contributed by atoms with Crippen molar-refractivity contribution in [1.29, 1.82) is 0 Å². The molecule has 4 nitrogen and oxygen atoms in total. The van der Waals surface area contributed by atoms with E-state index in [1.807, 2.05) is 12.4 Å². The van der Waals surface area contributed by atoms with E-state index in [0.717, 1.165) is 39.3 Å². The molecule has 0 atom stereocenters. The van der Waals surface area contributed by atoms with E-state index in [-0.39, 0.29) is 0 Å². The number of hydrogen-bond acceptors (Lipinski definition) is 4. The molecule has 1 aliphatic heterocycles. The van der Waals surface area contributed by atoms with Gasteiger partial charge in [0, 0.05) is 55.9 Å². The van der Waals surface area contributed by atoms with Crippen LogP contribution in [0.2, 0.25) is 0 Å². The van der Waals surface area contributed by atoms with Gasteiger partial charge < -0.3 is 15.0 Å². The van der Waals surface area contributed by atoms with Crippen molar-refractivity contribution < 1.29 is 4.74 Å². The summed E-state index contributed by atoms with van der Waals surface area (Å²) in [6.45, 7) is 8.93. The van der Waals surface area contributed by atoms with Crippen LogP contribution in [0.4, 0.5) is 5.69 Å². The molecule has 0 aromatic carbocycles. The Hall–Kier alpha value is -1.13. The molecule has 0 aliphatic carbocycles. The van der Waals surface area contributed by atoms with Crippen molar-refractivity contribution in [2.45, 2.75) is 32.9 Å². The van der Waals surface area contributed by atoms with E-state index in [1.54, 1.807) is 0 Å². The van der Waals surface area contributed by atoms with Crippen LogP contribution >= 0.6 is 0 Å². The zero-order valence-corrected chi connectivity index (χ0v) is 11.4. The molecule has 4 heteroatoms. The molecule has 1 aromatic heterocycles. The highest BCUT2D eigenvalue weighted by atomic mass is 16.5. The third kappa shape index (κ3) is 3.68. The van der Waals surface area contributed by atoms with Crippen molar-refractivity contribution in [2.75, 3.05) is 31.2 Å². The minimum Gasteiger partial charge on any atom is -0.380 e. The van der Waals surface area contributed by atoms with E-state index >= 15 is 0 Å². The number of ether oxygens (including phenoxy) is 1. The smallest absolute Gasteiger partial charge is 0.0641 e. The largest absolute Gasteiger partial charge is 0.380 e. The fourth-order valence-corrected chi connectivity index (χ4v) is 2.17. The van der Waals surface area contributed by atoms with E-state index in [2.05, 4.69) is 35.1 Å². The molecule has 1 fully saturated rings. The predicted molar refractivity (Wildman–Crippen MR) is 73.9 cm³/mol. The Morgan fingerprint density at radius 1 is 1.39 bits per heavy atom. The first-order valence-electron chi connectivity index (χ1n) is 6.76. The molecular formula is C14H23N3O. The Balaban J connectivity index is 2.09. The average molecular weight is 249 g/mol. The third-order valence-corrected chi connectivity index (χ3v) is 3.14. The Labute approximate surface area is 109 Å². The van der Waals surface area contributed by atoms with E-state index in [4.69, 9.17) is 4.74 Å². The van der Waals surface area contributed by atoms with Gasteiger partial charge in [-0.15, -0.1) is 0 Å². The summed E-state index contributed by atoms with van der Waals surface area (Å²) in [7, 11) is 0. The molecule has 2 heterocycles. The van der Waals surface area contributed by atoms with E-state index in [1.165, 1.54) is 11.3 Å². The molecular weight excluding hydrogens is 226 g/mol. The molecule has 1 N–H and O–H groups in total. The van der Waals surface area contributed by atoms with Gasteiger partial charge in [-0.1, -0.05) is 13.8 Å². The van der Waals surface area contributed by atoms with Crippen LogP contribution in [0.5, 0.6) is 0 Å². The molecule has 18 heavy (non-hydrogen) atoms. The third-order valence-electron chi connectivity index (χ3n) is 3.14. The van der Waals surface area contributed by atoms with Gasteiger partial charge in [-0.3, -0.25) is 4.98 Å². The number of pyridine rings is 1. The summed E-state index contributed by atoms with van der Waals surface area (Å²) in [4.78, 5) is 6.65. The molecule has 1 aromatic rings. The van der Waals surface area contributed by atoms with Crippen LogP contribution in [0, 0.1) is 0 Å². The van der Waals surface area contributed by atoms with E-state index in [0.29, 0.717) is 6.04 Å². The first kappa shape index (κ1) is 13.3. The molecule has 2 rings (SSSR count). The van der Waals surface area contributed by atoms with Gasteiger partial charge in [-0.05, 0) is 12.5 Å². The standard InChI is InChI=1S/C14H23N3O/c1-12(2)16-11-13-10-15-5-4-14(13)17-6-3-8-18-9-7-17/h4-5,10,12,16H,3,6-9,11H2,1-2H3. The van der Waals surface area contributed by atoms with Crippen molar-refractivity contribution >= 4 is 5.69 Å². The fourth-order valence-electron chi connectivity index (χ4n) is 2.17. The van der Waals surface area contributed by atoms with Crippen LogP contribution < -0.4 is 10.2 Å². The minimum absolute atomic E-state index is 0.491. The highest BCUT2D eigenvalue weighted by Crippen LogP contribution is 2.20. The predicted octanol–water partition coefficient (Wildman–Crippen LogP) is 1.81. The molecule has 0 bridgehead atoms. The van der Waals surface area contributed by atoms with Crippen molar-refractivity contribution in [3.63, 3.8) is 0 Å². The van der Waals surface area contributed by atoms with Crippen LogP contribution in [0.15, 0.2) is 18.5 Å². The van der Waals surface area contributed by atoms with Gasteiger partial charge in [-0.25, -0.2) is 0 Å². The zero-order valence-electron chi connectivity index (χ0n) is 11.4. The average Bonchev–Trinajstić information content (AvgIpc) is 2.65. The van der Waals surface area contributed by atoms with Crippen molar-refractivity contribution in [3.05, 3.63) is 24.0 Å². The lowest BCUT2D eigenvalue weighted by Crippen LogP contribution is -2.29. The van der Waals surface area contributed by atoms with E-state index in [9.17, 15) is 0 Å². The zero-order chi connectivity index (χ0) is 12.8. The second kappa shape index (κ2) is 6.71. The first-order chi connectivity index (χ1) is 8.77. The van der Waals surface area contributed by atoms with Crippen LogP contribution in [-0.4, -0.2) is 37.3 Å². The quantitative estimate of drug-likeness (QED) is 0.883. The molecule has 0 radical (unpaired) electrons. The monoisotopic (exact) mass is 249 g/mol.